The number of benzene rings is 9. The summed E-state index contributed by atoms with van der Waals surface area (Å²) in [4.78, 5) is 2.30. The van der Waals surface area contributed by atoms with Gasteiger partial charge in [0.05, 0.1) is 5.69 Å². The molecule has 1 aromatic heterocycles. The van der Waals surface area contributed by atoms with E-state index in [1.807, 2.05) is 24.3 Å². The predicted molar refractivity (Wildman–Crippen MR) is 268 cm³/mol. The summed E-state index contributed by atoms with van der Waals surface area (Å²) in [6.45, 7) is 12.5. The fourth-order valence-electron chi connectivity index (χ4n) is 8.80. The molecule has 2 nitrogen and oxygen atoms in total. The van der Waals surface area contributed by atoms with Gasteiger partial charge in [0.2, 0.25) is 0 Å². The van der Waals surface area contributed by atoms with Crippen LogP contribution in [0.25, 0.3) is 95.1 Å². The minimum absolute atomic E-state index is 0.868. The Morgan fingerprint density at radius 3 is 2.05 bits per heavy atom. The summed E-state index contributed by atoms with van der Waals surface area (Å²) >= 11 is 0. The van der Waals surface area contributed by atoms with E-state index in [1.165, 1.54) is 16.5 Å². The largest absolute Gasteiger partial charge is 0.455 e. The van der Waals surface area contributed by atoms with Crippen LogP contribution in [0.15, 0.2) is 236 Å². The Balaban J connectivity index is 1.09. The van der Waals surface area contributed by atoms with Gasteiger partial charge < -0.3 is 9.32 Å². The summed E-state index contributed by atoms with van der Waals surface area (Å²) in [5.41, 5.74) is 14.9. The van der Waals surface area contributed by atoms with Crippen molar-refractivity contribution in [3.63, 3.8) is 0 Å². The Morgan fingerprint density at radius 2 is 1.21 bits per heavy atom. The number of hydrogen-bond acceptors (Lipinski definition) is 2. The van der Waals surface area contributed by atoms with Gasteiger partial charge in [-0.1, -0.05) is 190 Å². The highest BCUT2D eigenvalue weighted by molar-refractivity contribution is 6.15. The molecule has 1 heterocycles. The molecule has 0 saturated heterocycles. The lowest BCUT2D eigenvalue weighted by Crippen LogP contribution is -2.16. The van der Waals surface area contributed by atoms with Crippen molar-refractivity contribution in [3.05, 3.63) is 248 Å². The van der Waals surface area contributed by atoms with Gasteiger partial charge in [0.25, 0.3) is 0 Å². The number of fused-ring (bicyclic) bond motifs is 6. The topological polar surface area (TPSA) is 16.4 Å². The predicted octanol–water partition coefficient (Wildman–Crippen LogP) is 17.1. The minimum Gasteiger partial charge on any atom is -0.455 e. The van der Waals surface area contributed by atoms with E-state index < -0.39 is 0 Å². The van der Waals surface area contributed by atoms with Crippen molar-refractivity contribution in [1.82, 2.24) is 0 Å². The first-order valence-corrected chi connectivity index (χ1v) is 20.9. The molecule has 10 aromatic rings. The highest BCUT2D eigenvalue weighted by Gasteiger charge is 2.19. The number of anilines is 2. The van der Waals surface area contributed by atoms with Gasteiger partial charge >= 0.3 is 0 Å². The lowest BCUT2D eigenvalue weighted by molar-refractivity contribution is 0.672. The van der Waals surface area contributed by atoms with E-state index in [1.54, 1.807) is 0 Å². The SMILES string of the molecule is C=C/C(=C\C=C\c1cccc(-c2ccccc2)c1)N(c1ccc(-c2cccc3c(C=C)c(C=C)ccc23)cc1)c1ccccc1-c1ccc2oc3c4ccccc4ccc3c2c1. The lowest BCUT2D eigenvalue weighted by atomic mass is 9.93. The Morgan fingerprint density at radius 1 is 0.484 bits per heavy atom. The highest BCUT2D eigenvalue weighted by atomic mass is 16.3. The summed E-state index contributed by atoms with van der Waals surface area (Å²) in [7, 11) is 0. The number of rotatable bonds is 11. The number of allylic oxidation sites excluding steroid dienone is 3. The summed E-state index contributed by atoms with van der Waals surface area (Å²) in [5.74, 6) is 0. The lowest BCUT2D eigenvalue weighted by Gasteiger charge is -2.29. The molecule has 0 spiro atoms. The minimum atomic E-state index is 0.868. The molecule has 62 heavy (non-hydrogen) atoms. The average molecular weight is 794 g/mol. The maximum Gasteiger partial charge on any atom is 0.143 e. The monoisotopic (exact) mass is 793 g/mol. The molecule has 0 fully saturated rings. The number of para-hydroxylation sites is 1. The van der Waals surface area contributed by atoms with Crippen molar-refractivity contribution < 1.29 is 4.42 Å². The smallest absolute Gasteiger partial charge is 0.143 e. The zero-order valence-corrected chi connectivity index (χ0v) is 34.3. The number of furan rings is 1. The molecule has 0 aliphatic rings. The summed E-state index contributed by atoms with van der Waals surface area (Å²) in [5, 5.41) is 6.80. The Hall–Kier alpha value is -8.20. The maximum absolute atomic E-state index is 6.52. The van der Waals surface area contributed by atoms with Gasteiger partial charge in [-0.2, -0.15) is 0 Å². The maximum atomic E-state index is 6.52. The quantitative estimate of drug-likeness (QED) is 0.121. The third kappa shape index (κ3) is 6.94. The molecule has 9 aromatic carbocycles. The molecule has 0 atom stereocenters. The molecule has 0 aliphatic heterocycles. The first-order valence-electron chi connectivity index (χ1n) is 20.9. The first kappa shape index (κ1) is 38.0. The van der Waals surface area contributed by atoms with Gasteiger partial charge in [-0.15, -0.1) is 0 Å². The van der Waals surface area contributed by atoms with Crippen LogP contribution in [0.1, 0.15) is 16.7 Å². The van der Waals surface area contributed by atoms with Gasteiger partial charge in [-0.25, -0.2) is 0 Å². The van der Waals surface area contributed by atoms with Crippen molar-refractivity contribution in [1.29, 1.82) is 0 Å². The van der Waals surface area contributed by atoms with Crippen LogP contribution >= 0.6 is 0 Å². The van der Waals surface area contributed by atoms with Crippen LogP contribution < -0.4 is 4.90 Å². The third-order valence-corrected chi connectivity index (χ3v) is 11.8. The molecular formula is C60H43NO. The molecule has 10 rings (SSSR count). The van der Waals surface area contributed by atoms with Crippen molar-refractivity contribution in [2.75, 3.05) is 4.90 Å². The van der Waals surface area contributed by atoms with E-state index in [4.69, 9.17) is 4.42 Å². The fraction of sp³-hybridized carbons (Fsp3) is 0. The van der Waals surface area contributed by atoms with E-state index in [-0.39, 0.29) is 0 Å². The van der Waals surface area contributed by atoms with Crippen LogP contribution in [0.5, 0.6) is 0 Å². The van der Waals surface area contributed by atoms with Crippen molar-refractivity contribution in [2.24, 2.45) is 0 Å². The van der Waals surface area contributed by atoms with Crippen molar-refractivity contribution in [2.45, 2.75) is 0 Å². The summed E-state index contributed by atoms with van der Waals surface area (Å²) in [6.07, 6.45) is 12.2. The highest BCUT2D eigenvalue weighted by Crippen LogP contribution is 2.42. The van der Waals surface area contributed by atoms with E-state index in [2.05, 4.69) is 225 Å². The average Bonchev–Trinajstić information content (AvgIpc) is 3.72. The normalized spacial score (nSPS) is 11.8. The van der Waals surface area contributed by atoms with Gasteiger partial charge in [-0.3, -0.25) is 0 Å². The Kier molecular flexibility index (Phi) is 10.1. The second kappa shape index (κ2) is 16.5. The van der Waals surface area contributed by atoms with Crippen molar-refractivity contribution in [3.8, 4) is 33.4 Å². The molecule has 0 aliphatic carbocycles. The van der Waals surface area contributed by atoms with Crippen LogP contribution in [-0.4, -0.2) is 0 Å². The van der Waals surface area contributed by atoms with E-state index in [9.17, 15) is 0 Å². The molecule has 0 radical (unpaired) electrons. The van der Waals surface area contributed by atoms with Crippen LogP contribution in [0.4, 0.5) is 11.4 Å². The summed E-state index contributed by atoms with van der Waals surface area (Å²) in [6, 6.07) is 66.7. The van der Waals surface area contributed by atoms with Crippen LogP contribution in [0.3, 0.4) is 0 Å². The fourth-order valence-corrected chi connectivity index (χ4v) is 8.80. The van der Waals surface area contributed by atoms with Crippen LogP contribution in [-0.2, 0) is 0 Å². The second-order valence-corrected chi connectivity index (χ2v) is 15.4. The Bertz CT molecular complexity index is 3400. The van der Waals surface area contributed by atoms with Crippen molar-refractivity contribution >= 4 is 73.1 Å². The van der Waals surface area contributed by atoms with Crippen LogP contribution in [0, 0.1) is 0 Å². The molecule has 0 N–H and O–H groups in total. The first-order chi connectivity index (χ1) is 30.6. The number of hydrogen-bond donors (Lipinski definition) is 0. The van der Waals surface area contributed by atoms with Gasteiger partial charge in [0, 0.05) is 33.1 Å². The molecule has 0 saturated carbocycles. The molecule has 0 unspecified atom stereocenters. The van der Waals surface area contributed by atoms with Gasteiger partial charge in [0.15, 0.2) is 0 Å². The number of nitrogens with zero attached hydrogens (tertiary/aromatic N) is 1. The van der Waals surface area contributed by atoms with Gasteiger partial charge in [0.1, 0.15) is 11.2 Å². The zero-order valence-electron chi connectivity index (χ0n) is 34.3. The molecular weight excluding hydrogens is 751 g/mol. The molecule has 294 valence electrons. The van der Waals surface area contributed by atoms with E-state index in [0.717, 1.165) is 94.1 Å². The second-order valence-electron chi connectivity index (χ2n) is 15.4. The zero-order chi connectivity index (χ0) is 42.0. The van der Waals surface area contributed by atoms with Crippen LogP contribution in [0.2, 0.25) is 0 Å². The van der Waals surface area contributed by atoms with E-state index in [0.29, 0.717) is 0 Å². The summed E-state index contributed by atoms with van der Waals surface area (Å²) < 4.78 is 6.52. The third-order valence-electron chi connectivity index (χ3n) is 11.8. The standard InChI is InChI=1S/C60H43NO/c1-4-42-31-36-55-51(26-16-27-54(55)50(42)6-3)45-29-34-49(35-30-45)61(48(5-2)23-15-18-41-17-14-22-46(39-41)43-19-8-7-9-20-43)58-28-13-12-24-52(58)47-33-38-59-57(40-47)56-37-32-44-21-10-11-25-53(44)60(56)62-59/h4-40H,1-3H2/b18-15+,48-23+. The molecule has 2 heteroatoms. The molecule has 0 bridgehead atoms. The molecule has 0 amide bonds. The van der Waals surface area contributed by atoms with Gasteiger partial charge in [-0.05, 0) is 115 Å². The Labute approximate surface area is 362 Å². The van der Waals surface area contributed by atoms with E-state index >= 15 is 0 Å².